The molecule has 3 fully saturated rings. The number of carbonyl (C=O) groups is 1. The molecule has 0 radical (unpaired) electrons. The third-order valence-electron chi connectivity index (χ3n) is 7.82. The quantitative estimate of drug-likeness (QED) is 0.521. The van der Waals surface area contributed by atoms with E-state index in [0.29, 0.717) is 11.8 Å². The fraction of sp³-hybridized carbons (Fsp3) is 0.846. The van der Waals surface area contributed by atoms with Crippen LogP contribution in [0.15, 0.2) is 10.6 Å². The van der Waals surface area contributed by atoms with Gasteiger partial charge in [-0.1, -0.05) is 77.0 Å². The van der Waals surface area contributed by atoms with Crippen LogP contribution in [-0.4, -0.2) is 22.3 Å². The summed E-state index contributed by atoms with van der Waals surface area (Å²) in [5.41, 5.74) is 0. The summed E-state index contributed by atoms with van der Waals surface area (Å²) in [5.74, 6) is 2.99. The monoisotopic (exact) mass is 414 g/mol. The first-order valence-electron chi connectivity index (χ1n) is 13.1. The molecule has 4 nitrogen and oxygen atoms in total. The molecular formula is C26H42N2O2. The maximum atomic E-state index is 13.4. The first kappa shape index (κ1) is 21.9. The van der Waals surface area contributed by atoms with Crippen molar-refractivity contribution in [2.24, 2.45) is 5.92 Å². The van der Waals surface area contributed by atoms with E-state index in [-0.39, 0.29) is 12.0 Å². The second-order valence-electron chi connectivity index (χ2n) is 10.1. The van der Waals surface area contributed by atoms with E-state index < -0.39 is 0 Å². The number of likely N-dealkylation sites (tertiary alicyclic amines) is 1. The van der Waals surface area contributed by atoms with E-state index in [9.17, 15) is 4.79 Å². The lowest BCUT2D eigenvalue weighted by molar-refractivity contribution is -0.137. The van der Waals surface area contributed by atoms with Gasteiger partial charge in [-0.25, -0.2) is 4.98 Å². The molecule has 3 aliphatic rings. The Balaban J connectivity index is 1.42. The number of oxazole rings is 1. The number of hydrogen-bond donors (Lipinski definition) is 0. The maximum absolute atomic E-state index is 13.4. The number of carbonyl (C=O) groups excluding carboxylic acids is 1. The van der Waals surface area contributed by atoms with Gasteiger partial charge in [-0.3, -0.25) is 4.79 Å². The molecule has 168 valence electrons. The third kappa shape index (κ3) is 5.68. The molecule has 1 aromatic rings. The second kappa shape index (κ2) is 11.3. The highest BCUT2D eigenvalue weighted by Gasteiger charge is 2.36. The molecule has 1 aromatic heterocycles. The summed E-state index contributed by atoms with van der Waals surface area (Å²) in [6.45, 7) is 0.876. The van der Waals surface area contributed by atoms with E-state index in [1.807, 2.05) is 6.20 Å². The standard InChI is InChI=1S/C26H42N2O2/c29-26(22-16-11-7-3-4-8-12-17-22)28-19-13-18-23(28)25-27-20-24(30-25)21-14-9-5-1-2-6-10-15-21/h20-23H,1-19H2/t23-/m0/s1. The molecule has 4 rings (SSSR count). The van der Waals surface area contributed by atoms with Gasteiger partial charge in [0, 0.05) is 18.4 Å². The molecule has 1 amide bonds. The van der Waals surface area contributed by atoms with Crippen LogP contribution in [0.25, 0.3) is 0 Å². The van der Waals surface area contributed by atoms with Gasteiger partial charge >= 0.3 is 0 Å². The molecule has 0 bridgehead atoms. The van der Waals surface area contributed by atoms with Crippen LogP contribution in [0.4, 0.5) is 0 Å². The average molecular weight is 415 g/mol. The molecule has 0 aromatic carbocycles. The van der Waals surface area contributed by atoms with Gasteiger partial charge in [-0.15, -0.1) is 0 Å². The minimum atomic E-state index is 0.0650. The van der Waals surface area contributed by atoms with Crippen LogP contribution < -0.4 is 0 Å². The molecule has 0 N–H and O–H groups in total. The van der Waals surface area contributed by atoms with Crippen LogP contribution in [0.1, 0.15) is 139 Å². The fourth-order valence-electron chi connectivity index (χ4n) is 5.96. The zero-order valence-corrected chi connectivity index (χ0v) is 19.0. The van der Waals surface area contributed by atoms with Gasteiger partial charge in [-0.05, 0) is 38.5 Å². The van der Waals surface area contributed by atoms with Crippen molar-refractivity contribution in [3.05, 3.63) is 17.8 Å². The molecule has 30 heavy (non-hydrogen) atoms. The molecule has 2 heterocycles. The van der Waals surface area contributed by atoms with Gasteiger partial charge in [0.1, 0.15) is 11.8 Å². The number of amides is 1. The van der Waals surface area contributed by atoms with Crippen molar-refractivity contribution in [1.29, 1.82) is 0 Å². The van der Waals surface area contributed by atoms with Crippen LogP contribution in [0.5, 0.6) is 0 Å². The van der Waals surface area contributed by atoms with Crippen molar-refractivity contribution < 1.29 is 9.21 Å². The highest BCUT2D eigenvalue weighted by Crippen LogP contribution is 2.37. The van der Waals surface area contributed by atoms with Crippen molar-refractivity contribution in [1.82, 2.24) is 9.88 Å². The van der Waals surface area contributed by atoms with Gasteiger partial charge in [0.05, 0.1) is 6.20 Å². The van der Waals surface area contributed by atoms with Crippen molar-refractivity contribution in [3.8, 4) is 0 Å². The summed E-state index contributed by atoms with van der Waals surface area (Å²) >= 11 is 0. The average Bonchev–Trinajstić information content (AvgIpc) is 3.46. The van der Waals surface area contributed by atoms with Crippen LogP contribution in [-0.2, 0) is 4.79 Å². The van der Waals surface area contributed by atoms with Crippen LogP contribution in [0.3, 0.4) is 0 Å². The van der Waals surface area contributed by atoms with E-state index in [1.165, 1.54) is 89.9 Å². The zero-order valence-electron chi connectivity index (χ0n) is 19.0. The van der Waals surface area contributed by atoms with Gasteiger partial charge in [0.2, 0.25) is 11.8 Å². The second-order valence-corrected chi connectivity index (χ2v) is 10.1. The van der Waals surface area contributed by atoms with Crippen LogP contribution in [0.2, 0.25) is 0 Å². The predicted molar refractivity (Wildman–Crippen MR) is 120 cm³/mol. The molecule has 1 atom stereocenters. The lowest BCUT2D eigenvalue weighted by atomic mass is 9.95. The Morgan fingerprint density at radius 1 is 0.767 bits per heavy atom. The SMILES string of the molecule is O=C(C1CCCCCCCC1)N1CCC[C@H]1c1ncc(C2CCCCCCCC2)o1. The van der Waals surface area contributed by atoms with E-state index in [2.05, 4.69) is 4.90 Å². The summed E-state index contributed by atoms with van der Waals surface area (Å²) in [4.78, 5) is 20.3. The summed E-state index contributed by atoms with van der Waals surface area (Å²) in [5, 5.41) is 0. The lowest BCUT2D eigenvalue weighted by Crippen LogP contribution is -2.36. The smallest absolute Gasteiger partial charge is 0.226 e. The highest BCUT2D eigenvalue weighted by atomic mass is 16.4. The molecule has 0 unspecified atom stereocenters. The number of hydrogen-bond acceptors (Lipinski definition) is 3. The predicted octanol–water partition coefficient (Wildman–Crippen LogP) is 7.31. The molecule has 0 spiro atoms. The van der Waals surface area contributed by atoms with Gasteiger partial charge in [0.15, 0.2) is 0 Å². The molecular weight excluding hydrogens is 372 g/mol. The molecule has 1 saturated heterocycles. The zero-order chi connectivity index (χ0) is 20.6. The van der Waals surface area contributed by atoms with Crippen molar-refractivity contribution in [2.45, 2.75) is 128 Å². The van der Waals surface area contributed by atoms with Crippen LogP contribution >= 0.6 is 0 Å². The Bertz CT molecular complexity index is 635. The molecule has 2 saturated carbocycles. The normalized spacial score (nSPS) is 26.3. The van der Waals surface area contributed by atoms with Crippen molar-refractivity contribution in [2.75, 3.05) is 6.54 Å². The fourth-order valence-corrected chi connectivity index (χ4v) is 5.96. The largest absolute Gasteiger partial charge is 0.443 e. The van der Waals surface area contributed by atoms with Crippen molar-refractivity contribution >= 4 is 5.91 Å². The van der Waals surface area contributed by atoms with Crippen molar-refractivity contribution in [3.63, 3.8) is 0 Å². The van der Waals surface area contributed by atoms with E-state index in [1.54, 1.807) is 0 Å². The number of nitrogens with zero attached hydrogens (tertiary/aromatic N) is 2. The minimum absolute atomic E-state index is 0.0650. The molecule has 2 aliphatic carbocycles. The van der Waals surface area contributed by atoms with E-state index >= 15 is 0 Å². The first-order valence-corrected chi connectivity index (χ1v) is 13.1. The third-order valence-corrected chi connectivity index (χ3v) is 7.82. The Kier molecular flexibility index (Phi) is 8.28. The summed E-state index contributed by atoms with van der Waals surface area (Å²) < 4.78 is 6.37. The van der Waals surface area contributed by atoms with Crippen LogP contribution in [0, 0.1) is 5.92 Å². The maximum Gasteiger partial charge on any atom is 0.226 e. The van der Waals surface area contributed by atoms with Gasteiger partial charge < -0.3 is 9.32 Å². The summed E-state index contributed by atoms with van der Waals surface area (Å²) in [7, 11) is 0. The van der Waals surface area contributed by atoms with Gasteiger partial charge in [-0.2, -0.15) is 0 Å². The molecule has 1 aliphatic heterocycles. The summed E-state index contributed by atoms with van der Waals surface area (Å²) in [6.07, 6.45) is 24.4. The first-order chi connectivity index (χ1) is 14.8. The Morgan fingerprint density at radius 2 is 1.33 bits per heavy atom. The van der Waals surface area contributed by atoms with E-state index in [4.69, 9.17) is 9.40 Å². The molecule has 4 heteroatoms. The highest BCUT2D eigenvalue weighted by molar-refractivity contribution is 5.79. The minimum Gasteiger partial charge on any atom is -0.443 e. The Morgan fingerprint density at radius 3 is 1.97 bits per heavy atom. The van der Waals surface area contributed by atoms with Gasteiger partial charge in [0.25, 0.3) is 0 Å². The number of rotatable bonds is 3. The van der Waals surface area contributed by atoms with E-state index in [0.717, 1.165) is 43.9 Å². The number of aromatic nitrogens is 1. The Labute approximate surface area is 183 Å². The lowest BCUT2D eigenvalue weighted by Gasteiger charge is -2.27. The Hall–Kier alpha value is -1.32. The summed E-state index contributed by atoms with van der Waals surface area (Å²) in [6, 6.07) is 0.0650. The topological polar surface area (TPSA) is 46.3 Å².